The fourth-order valence-corrected chi connectivity index (χ4v) is 5.45. The molecular weight excluding hydrogens is 310 g/mol. The molecule has 136 valence electrons. The molecule has 0 atom stereocenters. The van der Waals surface area contributed by atoms with Crippen LogP contribution in [0.25, 0.3) is 0 Å². The van der Waals surface area contributed by atoms with Crippen LogP contribution >= 0.6 is 0 Å². The number of hydrogen-bond donors (Lipinski definition) is 0. The molecule has 0 bridgehead atoms. The minimum absolute atomic E-state index is 0.358. The third kappa shape index (κ3) is 3.51. The van der Waals surface area contributed by atoms with Crippen LogP contribution < -0.4 is 0 Å². The topological polar surface area (TPSA) is 46.1 Å². The summed E-state index contributed by atoms with van der Waals surface area (Å²) in [5.41, 5.74) is 1.90. The number of aryl methyl sites for hydroxylation is 1. The lowest BCUT2D eigenvalue weighted by atomic mass is 9.56. The lowest BCUT2D eigenvalue weighted by molar-refractivity contribution is -0.124. The number of carbonyl (C=O) groups excluding carboxylic acids is 1. The molecule has 0 amide bonds. The van der Waals surface area contributed by atoms with E-state index in [1.54, 1.807) is 6.92 Å². The highest BCUT2D eigenvalue weighted by Crippen LogP contribution is 2.54. The van der Waals surface area contributed by atoms with Crippen LogP contribution in [0.15, 0.2) is 12.4 Å². The van der Waals surface area contributed by atoms with E-state index in [0.29, 0.717) is 23.0 Å². The molecule has 1 aliphatic heterocycles. The zero-order valence-corrected chi connectivity index (χ0v) is 15.7. The molecule has 25 heavy (non-hydrogen) atoms. The lowest BCUT2D eigenvalue weighted by Crippen LogP contribution is -2.54. The predicted octanol–water partition coefficient (Wildman–Crippen LogP) is 3.89. The third-order valence-corrected chi connectivity index (χ3v) is 7.28. The quantitative estimate of drug-likeness (QED) is 0.837. The van der Waals surface area contributed by atoms with E-state index < -0.39 is 0 Å². The maximum atomic E-state index is 11.6. The Kier molecular flexibility index (Phi) is 4.65. The van der Waals surface area contributed by atoms with Gasteiger partial charge in [0.1, 0.15) is 11.6 Å². The smallest absolute Gasteiger partial charge is 0.132 e. The molecule has 1 spiro atoms. The Bertz CT molecular complexity index is 603. The molecule has 2 heterocycles. The largest absolute Gasteiger partial charge is 0.300 e. The van der Waals surface area contributed by atoms with Gasteiger partial charge in [0.25, 0.3) is 0 Å². The number of ketones is 1. The molecule has 4 heteroatoms. The number of Topliss-reactive ketones (excluding diaryl/α,β-unsaturated/α-hetero) is 1. The van der Waals surface area contributed by atoms with Crippen LogP contribution in [-0.2, 0) is 4.79 Å². The maximum absolute atomic E-state index is 11.6. The van der Waals surface area contributed by atoms with Crippen molar-refractivity contribution in [2.24, 2.45) is 11.3 Å². The molecule has 4 nitrogen and oxygen atoms in total. The molecule has 2 saturated carbocycles. The highest BCUT2D eigenvalue weighted by molar-refractivity contribution is 5.78. The molecule has 0 unspecified atom stereocenters. The summed E-state index contributed by atoms with van der Waals surface area (Å²) in [7, 11) is 0. The van der Waals surface area contributed by atoms with E-state index in [0.717, 1.165) is 24.7 Å². The van der Waals surface area contributed by atoms with Gasteiger partial charge in [-0.1, -0.05) is 0 Å². The van der Waals surface area contributed by atoms with Gasteiger partial charge >= 0.3 is 0 Å². The number of rotatable bonds is 3. The molecule has 1 aromatic heterocycles. The standard InChI is InChI=1S/C21H31N3O/c1-15(25)17-3-7-21(8-4-17)11-20(12-21)24-9-5-18(6-10-24)19-13-22-16(2)23-14-19/h13-14,17-18,20H,3-12H2,1-2H3/t17-,20-,21?. The molecule has 0 aromatic carbocycles. The van der Waals surface area contributed by atoms with Gasteiger partial charge in [-0.05, 0) is 95.2 Å². The van der Waals surface area contributed by atoms with E-state index in [-0.39, 0.29) is 0 Å². The highest BCUT2D eigenvalue weighted by Gasteiger charge is 2.48. The number of nitrogens with zero attached hydrogens (tertiary/aromatic N) is 3. The van der Waals surface area contributed by atoms with Gasteiger partial charge in [-0.25, -0.2) is 9.97 Å². The first-order valence-corrected chi connectivity index (χ1v) is 10.1. The van der Waals surface area contributed by atoms with Crippen molar-refractivity contribution in [2.75, 3.05) is 13.1 Å². The highest BCUT2D eigenvalue weighted by atomic mass is 16.1. The van der Waals surface area contributed by atoms with Gasteiger partial charge in [-0.15, -0.1) is 0 Å². The van der Waals surface area contributed by atoms with Crippen molar-refractivity contribution in [1.82, 2.24) is 14.9 Å². The minimum Gasteiger partial charge on any atom is -0.300 e. The van der Waals surface area contributed by atoms with E-state index in [1.807, 2.05) is 19.3 Å². The van der Waals surface area contributed by atoms with Crippen molar-refractivity contribution < 1.29 is 4.79 Å². The Morgan fingerprint density at radius 1 is 1.08 bits per heavy atom. The molecule has 0 N–H and O–H groups in total. The second-order valence-corrected chi connectivity index (χ2v) is 8.82. The van der Waals surface area contributed by atoms with Crippen molar-refractivity contribution in [3.05, 3.63) is 23.8 Å². The first-order chi connectivity index (χ1) is 12.0. The zero-order chi connectivity index (χ0) is 17.4. The monoisotopic (exact) mass is 341 g/mol. The lowest BCUT2D eigenvalue weighted by Gasteiger charge is -2.55. The van der Waals surface area contributed by atoms with Crippen LogP contribution in [0.2, 0.25) is 0 Å². The van der Waals surface area contributed by atoms with Crippen LogP contribution in [0.4, 0.5) is 0 Å². The van der Waals surface area contributed by atoms with Crippen molar-refractivity contribution in [3.8, 4) is 0 Å². The Balaban J connectivity index is 1.25. The number of hydrogen-bond acceptors (Lipinski definition) is 4. The zero-order valence-electron chi connectivity index (χ0n) is 15.7. The second-order valence-electron chi connectivity index (χ2n) is 8.82. The summed E-state index contributed by atoms with van der Waals surface area (Å²) in [5, 5.41) is 0. The first-order valence-electron chi connectivity index (χ1n) is 10.1. The normalized spacial score (nSPS) is 34.0. The van der Waals surface area contributed by atoms with E-state index in [9.17, 15) is 4.79 Å². The Labute approximate surface area is 151 Å². The van der Waals surface area contributed by atoms with Gasteiger partial charge in [0.05, 0.1) is 0 Å². The molecule has 1 aromatic rings. The maximum Gasteiger partial charge on any atom is 0.132 e. The summed E-state index contributed by atoms with van der Waals surface area (Å²) >= 11 is 0. The van der Waals surface area contributed by atoms with Crippen LogP contribution in [0, 0.1) is 18.3 Å². The molecular formula is C21H31N3O. The van der Waals surface area contributed by atoms with Gasteiger partial charge in [0.15, 0.2) is 0 Å². The van der Waals surface area contributed by atoms with Gasteiger partial charge in [-0.2, -0.15) is 0 Å². The number of likely N-dealkylation sites (tertiary alicyclic amines) is 1. The van der Waals surface area contributed by atoms with Gasteiger partial charge < -0.3 is 4.90 Å². The second kappa shape index (κ2) is 6.79. The number of piperidine rings is 1. The van der Waals surface area contributed by atoms with Gasteiger partial charge in [0.2, 0.25) is 0 Å². The van der Waals surface area contributed by atoms with E-state index in [1.165, 1.54) is 57.2 Å². The summed E-state index contributed by atoms with van der Waals surface area (Å²) in [6.07, 6.45) is 14.1. The number of carbonyl (C=O) groups is 1. The first kappa shape index (κ1) is 17.1. The van der Waals surface area contributed by atoms with Crippen molar-refractivity contribution in [1.29, 1.82) is 0 Å². The summed E-state index contributed by atoms with van der Waals surface area (Å²) < 4.78 is 0. The van der Waals surface area contributed by atoms with Crippen molar-refractivity contribution in [2.45, 2.75) is 77.2 Å². The van der Waals surface area contributed by atoms with Gasteiger partial charge in [0, 0.05) is 24.4 Å². The van der Waals surface area contributed by atoms with Crippen LogP contribution in [0.1, 0.15) is 75.6 Å². The molecule has 1 saturated heterocycles. The summed E-state index contributed by atoms with van der Waals surface area (Å²) in [5.74, 6) is 2.27. The summed E-state index contributed by atoms with van der Waals surface area (Å²) in [6, 6.07) is 0.795. The SMILES string of the molecule is Cc1ncc(C2CCN([C@H]3CC4(CC[C@H](C(C)=O)CC4)C3)CC2)cn1. The van der Waals surface area contributed by atoms with Crippen molar-refractivity contribution >= 4 is 5.78 Å². The molecule has 0 radical (unpaired) electrons. The summed E-state index contributed by atoms with van der Waals surface area (Å²) in [6.45, 7) is 6.16. The molecule has 3 aliphatic rings. The Morgan fingerprint density at radius 3 is 2.24 bits per heavy atom. The Morgan fingerprint density at radius 2 is 1.68 bits per heavy atom. The summed E-state index contributed by atoms with van der Waals surface area (Å²) in [4.78, 5) is 23.0. The van der Waals surface area contributed by atoms with Crippen LogP contribution in [0.5, 0.6) is 0 Å². The van der Waals surface area contributed by atoms with Gasteiger partial charge in [-0.3, -0.25) is 4.79 Å². The molecule has 4 rings (SSSR count). The fraction of sp³-hybridized carbons (Fsp3) is 0.762. The van der Waals surface area contributed by atoms with E-state index >= 15 is 0 Å². The van der Waals surface area contributed by atoms with Crippen molar-refractivity contribution in [3.63, 3.8) is 0 Å². The average Bonchev–Trinajstić information content (AvgIpc) is 2.60. The van der Waals surface area contributed by atoms with E-state index in [4.69, 9.17) is 0 Å². The molecule has 2 aliphatic carbocycles. The van der Waals surface area contributed by atoms with Crippen LogP contribution in [0.3, 0.4) is 0 Å². The molecule has 3 fully saturated rings. The third-order valence-electron chi connectivity index (χ3n) is 7.28. The number of aromatic nitrogens is 2. The van der Waals surface area contributed by atoms with Crippen LogP contribution in [-0.4, -0.2) is 39.8 Å². The predicted molar refractivity (Wildman–Crippen MR) is 98.4 cm³/mol. The van der Waals surface area contributed by atoms with E-state index in [2.05, 4.69) is 14.9 Å². The minimum atomic E-state index is 0.358. The Hall–Kier alpha value is -1.29. The average molecular weight is 341 g/mol. The fourth-order valence-electron chi connectivity index (χ4n) is 5.45.